The number of aryl methyl sites for hydroxylation is 1. The van der Waals surface area contributed by atoms with E-state index in [9.17, 15) is 0 Å². The molecule has 0 radical (unpaired) electrons. The van der Waals surface area contributed by atoms with Gasteiger partial charge in [-0.15, -0.1) is 0 Å². The number of benzene rings is 1. The van der Waals surface area contributed by atoms with E-state index in [4.69, 9.17) is 16.9 Å². The number of hydrogen-bond acceptors (Lipinski definition) is 2. The van der Waals surface area contributed by atoms with Gasteiger partial charge >= 0.3 is 0 Å². The second-order valence-electron chi connectivity index (χ2n) is 3.48. The molecule has 0 saturated carbocycles. The molecule has 1 aromatic heterocycles. The number of rotatable bonds is 1. The molecule has 1 aromatic carbocycles. The van der Waals surface area contributed by atoms with Crippen molar-refractivity contribution < 1.29 is 0 Å². The van der Waals surface area contributed by atoms with Crippen molar-refractivity contribution in [2.45, 2.75) is 6.92 Å². The predicted octanol–water partition coefficient (Wildman–Crippen LogP) is 3.58. The SMILES string of the molecule is Cc1ncccc1-c1cc(Cl)cc(C#N)c1. The minimum absolute atomic E-state index is 0.561. The average molecular weight is 229 g/mol. The summed E-state index contributed by atoms with van der Waals surface area (Å²) in [6, 6.07) is 11.2. The molecular formula is C13H9ClN2. The topological polar surface area (TPSA) is 36.7 Å². The molecule has 78 valence electrons. The molecule has 0 unspecified atom stereocenters. The largest absolute Gasteiger partial charge is 0.261 e. The van der Waals surface area contributed by atoms with Crippen LogP contribution in [0.3, 0.4) is 0 Å². The molecule has 0 fully saturated rings. The number of pyridine rings is 1. The van der Waals surface area contributed by atoms with Gasteiger partial charge in [-0.1, -0.05) is 17.7 Å². The van der Waals surface area contributed by atoms with Gasteiger partial charge < -0.3 is 0 Å². The lowest BCUT2D eigenvalue weighted by molar-refractivity contribution is 1.20. The smallest absolute Gasteiger partial charge is 0.0992 e. The summed E-state index contributed by atoms with van der Waals surface area (Å²) >= 11 is 5.96. The van der Waals surface area contributed by atoms with Gasteiger partial charge in [0.1, 0.15) is 0 Å². The van der Waals surface area contributed by atoms with Gasteiger partial charge in [-0.05, 0) is 36.8 Å². The fraction of sp³-hybridized carbons (Fsp3) is 0.0769. The summed E-state index contributed by atoms with van der Waals surface area (Å²) in [6.07, 6.45) is 1.74. The predicted molar refractivity (Wildman–Crippen MR) is 64.1 cm³/mol. The van der Waals surface area contributed by atoms with Crippen LogP contribution in [0.1, 0.15) is 11.3 Å². The molecule has 2 nitrogen and oxygen atoms in total. The van der Waals surface area contributed by atoms with Crippen molar-refractivity contribution in [3.63, 3.8) is 0 Å². The quantitative estimate of drug-likeness (QED) is 0.748. The zero-order valence-electron chi connectivity index (χ0n) is 8.74. The van der Waals surface area contributed by atoms with Crippen LogP contribution in [0.2, 0.25) is 5.02 Å². The fourth-order valence-electron chi connectivity index (χ4n) is 1.60. The van der Waals surface area contributed by atoms with E-state index in [1.807, 2.05) is 31.2 Å². The molecule has 16 heavy (non-hydrogen) atoms. The number of nitrogens with zero attached hydrogens (tertiary/aromatic N) is 2. The Labute approximate surface area is 99.1 Å². The summed E-state index contributed by atoms with van der Waals surface area (Å²) in [6.45, 7) is 1.93. The molecule has 0 saturated heterocycles. The van der Waals surface area contributed by atoms with Gasteiger partial charge in [-0.3, -0.25) is 4.98 Å². The maximum absolute atomic E-state index is 8.88. The lowest BCUT2D eigenvalue weighted by Crippen LogP contribution is -1.87. The molecule has 0 aliphatic carbocycles. The molecule has 0 aliphatic rings. The lowest BCUT2D eigenvalue weighted by atomic mass is 10.0. The fourth-order valence-corrected chi connectivity index (χ4v) is 1.83. The van der Waals surface area contributed by atoms with Gasteiger partial charge in [0.2, 0.25) is 0 Å². The summed E-state index contributed by atoms with van der Waals surface area (Å²) < 4.78 is 0. The van der Waals surface area contributed by atoms with Crippen molar-refractivity contribution in [3.05, 3.63) is 52.8 Å². The van der Waals surface area contributed by atoms with Gasteiger partial charge in [-0.25, -0.2) is 0 Å². The number of nitriles is 1. The van der Waals surface area contributed by atoms with E-state index in [1.54, 1.807) is 12.3 Å². The highest BCUT2D eigenvalue weighted by Gasteiger charge is 2.04. The first kappa shape index (κ1) is 10.7. The molecule has 0 N–H and O–H groups in total. The Morgan fingerprint density at radius 1 is 1.31 bits per heavy atom. The molecule has 0 amide bonds. The van der Waals surface area contributed by atoms with Crippen LogP contribution in [0.5, 0.6) is 0 Å². The summed E-state index contributed by atoms with van der Waals surface area (Å²) in [4.78, 5) is 4.21. The van der Waals surface area contributed by atoms with E-state index >= 15 is 0 Å². The van der Waals surface area contributed by atoms with Crippen LogP contribution in [0.4, 0.5) is 0 Å². The van der Waals surface area contributed by atoms with Gasteiger partial charge in [0.15, 0.2) is 0 Å². The molecule has 0 bridgehead atoms. The minimum Gasteiger partial charge on any atom is -0.261 e. The third-order valence-corrected chi connectivity index (χ3v) is 2.56. The van der Waals surface area contributed by atoms with Gasteiger partial charge in [-0.2, -0.15) is 5.26 Å². The van der Waals surface area contributed by atoms with Gasteiger partial charge in [0.05, 0.1) is 11.6 Å². The zero-order chi connectivity index (χ0) is 11.5. The minimum atomic E-state index is 0.561. The van der Waals surface area contributed by atoms with E-state index in [2.05, 4.69) is 11.1 Å². The van der Waals surface area contributed by atoms with E-state index in [-0.39, 0.29) is 0 Å². The Kier molecular flexibility index (Phi) is 2.89. The van der Waals surface area contributed by atoms with Crippen LogP contribution in [-0.4, -0.2) is 4.98 Å². The Balaban J connectivity index is 2.61. The van der Waals surface area contributed by atoms with Gasteiger partial charge in [0.25, 0.3) is 0 Å². The molecule has 2 rings (SSSR count). The van der Waals surface area contributed by atoms with Crippen molar-refractivity contribution in [1.29, 1.82) is 5.26 Å². The van der Waals surface area contributed by atoms with E-state index in [0.717, 1.165) is 16.8 Å². The Bertz CT molecular complexity index is 570. The third-order valence-electron chi connectivity index (χ3n) is 2.34. The van der Waals surface area contributed by atoms with E-state index < -0.39 is 0 Å². The van der Waals surface area contributed by atoms with Crippen LogP contribution in [0, 0.1) is 18.3 Å². The third kappa shape index (κ3) is 2.05. The zero-order valence-corrected chi connectivity index (χ0v) is 9.49. The maximum atomic E-state index is 8.88. The Morgan fingerprint density at radius 3 is 2.81 bits per heavy atom. The van der Waals surface area contributed by atoms with Crippen LogP contribution in [-0.2, 0) is 0 Å². The summed E-state index contributed by atoms with van der Waals surface area (Å²) in [7, 11) is 0. The summed E-state index contributed by atoms with van der Waals surface area (Å²) in [5.41, 5.74) is 3.41. The lowest BCUT2D eigenvalue weighted by Gasteiger charge is -2.05. The van der Waals surface area contributed by atoms with Crippen LogP contribution < -0.4 is 0 Å². The first-order valence-corrected chi connectivity index (χ1v) is 5.21. The normalized spacial score (nSPS) is 9.81. The highest BCUT2D eigenvalue weighted by atomic mass is 35.5. The first-order chi connectivity index (χ1) is 7.70. The second-order valence-corrected chi connectivity index (χ2v) is 3.91. The Hall–Kier alpha value is -1.85. The molecule has 0 spiro atoms. The van der Waals surface area contributed by atoms with Crippen molar-refractivity contribution in [3.8, 4) is 17.2 Å². The first-order valence-electron chi connectivity index (χ1n) is 4.83. The summed E-state index contributed by atoms with van der Waals surface area (Å²) in [5, 5.41) is 9.45. The van der Waals surface area contributed by atoms with Crippen LogP contribution >= 0.6 is 11.6 Å². The monoisotopic (exact) mass is 228 g/mol. The number of hydrogen-bond donors (Lipinski definition) is 0. The molecule has 1 heterocycles. The average Bonchev–Trinajstić information content (AvgIpc) is 2.28. The highest BCUT2D eigenvalue weighted by molar-refractivity contribution is 6.31. The standard InChI is InChI=1S/C13H9ClN2/c1-9-13(3-2-4-16-9)11-5-10(8-15)6-12(14)7-11/h2-7H,1H3. The van der Waals surface area contributed by atoms with Crippen molar-refractivity contribution >= 4 is 11.6 Å². The molecule has 2 aromatic rings. The van der Waals surface area contributed by atoms with Crippen molar-refractivity contribution in [2.75, 3.05) is 0 Å². The van der Waals surface area contributed by atoms with Crippen LogP contribution in [0.25, 0.3) is 11.1 Å². The Morgan fingerprint density at radius 2 is 2.12 bits per heavy atom. The molecule has 0 atom stereocenters. The van der Waals surface area contributed by atoms with Gasteiger partial charge in [0, 0.05) is 22.5 Å². The molecular weight excluding hydrogens is 220 g/mol. The van der Waals surface area contributed by atoms with E-state index in [0.29, 0.717) is 10.6 Å². The second kappa shape index (κ2) is 4.34. The number of halogens is 1. The summed E-state index contributed by atoms with van der Waals surface area (Å²) in [5.74, 6) is 0. The highest BCUT2D eigenvalue weighted by Crippen LogP contribution is 2.26. The van der Waals surface area contributed by atoms with Crippen molar-refractivity contribution in [1.82, 2.24) is 4.98 Å². The van der Waals surface area contributed by atoms with E-state index in [1.165, 1.54) is 0 Å². The van der Waals surface area contributed by atoms with Crippen molar-refractivity contribution in [2.24, 2.45) is 0 Å². The van der Waals surface area contributed by atoms with Crippen LogP contribution in [0.15, 0.2) is 36.5 Å². The number of aromatic nitrogens is 1. The molecule has 3 heteroatoms. The molecule has 0 aliphatic heterocycles. The maximum Gasteiger partial charge on any atom is 0.0992 e.